The highest BCUT2D eigenvalue weighted by molar-refractivity contribution is 5.96. The Bertz CT molecular complexity index is 509. The zero-order valence-electron chi connectivity index (χ0n) is 12.7. The average Bonchev–Trinajstić information content (AvgIpc) is 2.53. The van der Waals surface area contributed by atoms with Gasteiger partial charge in [0, 0.05) is 12.7 Å². The van der Waals surface area contributed by atoms with Crippen molar-refractivity contribution in [3.05, 3.63) is 29.8 Å². The van der Waals surface area contributed by atoms with Crippen LogP contribution in [-0.4, -0.2) is 24.0 Å². The van der Waals surface area contributed by atoms with Gasteiger partial charge in [0.1, 0.15) is 0 Å². The first-order chi connectivity index (χ1) is 10.0. The van der Waals surface area contributed by atoms with Crippen LogP contribution in [0, 0.1) is 11.8 Å². The van der Waals surface area contributed by atoms with E-state index in [2.05, 4.69) is 6.92 Å². The monoisotopic (exact) mass is 289 g/mol. The van der Waals surface area contributed by atoms with E-state index in [1.54, 1.807) is 11.9 Å². The molecule has 0 saturated heterocycles. The van der Waals surface area contributed by atoms with Gasteiger partial charge in [-0.1, -0.05) is 31.9 Å². The predicted octanol–water partition coefficient (Wildman–Crippen LogP) is 3.10. The quantitative estimate of drug-likeness (QED) is 0.926. The number of benzene rings is 1. The van der Waals surface area contributed by atoms with Crippen LogP contribution in [-0.2, 0) is 16.0 Å². The van der Waals surface area contributed by atoms with Gasteiger partial charge in [0.05, 0.1) is 11.8 Å². The van der Waals surface area contributed by atoms with Crippen molar-refractivity contribution in [1.82, 2.24) is 0 Å². The SMILES string of the molecule is CCc1ccc(N(C)C(=O)[C@@H]2CCCC[C@@H]2C(=O)O)cc1. The average molecular weight is 289 g/mol. The molecule has 114 valence electrons. The fourth-order valence-electron chi connectivity index (χ4n) is 3.05. The zero-order valence-corrected chi connectivity index (χ0v) is 12.7. The van der Waals surface area contributed by atoms with Gasteiger partial charge in [-0.3, -0.25) is 9.59 Å². The molecule has 0 bridgehead atoms. The molecule has 1 aromatic carbocycles. The highest BCUT2D eigenvalue weighted by Gasteiger charge is 2.37. The third-order valence-electron chi connectivity index (χ3n) is 4.46. The van der Waals surface area contributed by atoms with Crippen molar-refractivity contribution in [2.75, 3.05) is 11.9 Å². The Balaban J connectivity index is 2.14. The third-order valence-corrected chi connectivity index (χ3v) is 4.46. The first-order valence-corrected chi connectivity index (χ1v) is 7.64. The third kappa shape index (κ3) is 3.43. The Morgan fingerprint density at radius 2 is 1.71 bits per heavy atom. The fourth-order valence-corrected chi connectivity index (χ4v) is 3.05. The van der Waals surface area contributed by atoms with Crippen molar-refractivity contribution in [2.24, 2.45) is 11.8 Å². The normalized spacial score (nSPS) is 21.8. The van der Waals surface area contributed by atoms with E-state index in [-0.39, 0.29) is 5.91 Å². The molecule has 0 radical (unpaired) electrons. The molecule has 21 heavy (non-hydrogen) atoms. The van der Waals surface area contributed by atoms with Gasteiger partial charge in [0.15, 0.2) is 0 Å². The molecule has 0 spiro atoms. The maximum Gasteiger partial charge on any atom is 0.307 e. The van der Waals surface area contributed by atoms with Crippen molar-refractivity contribution >= 4 is 17.6 Å². The van der Waals surface area contributed by atoms with Gasteiger partial charge in [0.25, 0.3) is 0 Å². The fraction of sp³-hybridized carbons (Fsp3) is 0.529. The van der Waals surface area contributed by atoms with Crippen LogP contribution in [0.1, 0.15) is 38.2 Å². The highest BCUT2D eigenvalue weighted by atomic mass is 16.4. The minimum atomic E-state index is -0.845. The van der Waals surface area contributed by atoms with Gasteiger partial charge in [-0.25, -0.2) is 0 Å². The Labute approximate surface area is 125 Å². The van der Waals surface area contributed by atoms with Crippen molar-refractivity contribution < 1.29 is 14.7 Å². The molecular formula is C17H23NO3. The second-order valence-corrected chi connectivity index (χ2v) is 5.75. The van der Waals surface area contributed by atoms with Crippen molar-refractivity contribution in [2.45, 2.75) is 39.0 Å². The Kier molecular flexibility index (Phi) is 4.99. The minimum Gasteiger partial charge on any atom is -0.481 e. The number of aliphatic carboxylic acids is 1. The molecule has 4 nitrogen and oxygen atoms in total. The number of hydrogen-bond acceptors (Lipinski definition) is 2. The van der Waals surface area contributed by atoms with Gasteiger partial charge in [-0.2, -0.15) is 0 Å². The second kappa shape index (κ2) is 6.74. The van der Waals surface area contributed by atoms with Gasteiger partial charge in [0.2, 0.25) is 5.91 Å². The summed E-state index contributed by atoms with van der Waals surface area (Å²) in [5, 5.41) is 9.31. The molecule has 0 unspecified atom stereocenters. The van der Waals surface area contributed by atoms with Crippen LogP contribution in [0.2, 0.25) is 0 Å². The van der Waals surface area contributed by atoms with Gasteiger partial charge >= 0.3 is 5.97 Å². The largest absolute Gasteiger partial charge is 0.481 e. The van der Waals surface area contributed by atoms with Crippen LogP contribution < -0.4 is 4.90 Å². The van der Waals surface area contributed by atoms with Gasteiger partial charge in [-0.05, 0) is 37.0 Å². The molecular weight excluding hydrogens is 266 g/mol. The molecule has 1 aliphatic carbocycles. The molecule has 1 saturated carbocycles. The number of rotatable bonds is 4. The maximum absolute atomic E-state index is 12.6. The highest BCUT2D eigenvalue weighted by Crippen LogP contribution is 2.32. The standard InChI is InChI=1S/C17H23NO3/c1-3-12-8-10-13(11-9-12)18(2)16(19)14-6-4-5-7-15(14)17(20)21/h8-11,14-15H,3-7H2,1-2H3,(H,20,21)/t14-,15+/m1/s1. The van der Waals surface area contributed by atoms with E-state index in [1.807, 2.05) is 24.3 Å². The number of carboxylic acids is 1. The number of carbonyl (C=O) groups excluding carboxylic acids is 1. The van der Waals surface area contributed by atoms with Gasteiger partial charge < -0.3 is 10.0 Å². The van der Waals surface area contributed by atoms with E-state index in [9.17, 15) is 14.7 Å². The first kappa shape index (κ1) is 15.5. The molecule has 4 heteroatoms. The number of carboxylic acid groups (broad SMARTS) is 1. The van der Waals surface area contributed by atoms with E-state index in [4.69, 9.17) is 0 Å². The lowest BCUT2D eigenvalue weighted by Crippen LogP contribution is -2.40. The summed E-state index contributed by atoms with van der Waals surface area (Å²) < 4.78 is 0. The molecule has 0 heterocycles. The van der Waals surface area contributed by atoms with E-state index >= 15 is 0 Å². The van der Waals surface area contributed by atoms with E-state index in [0.717, 1.165) is 24.9 Å². The Morgan fingerprint density at radius 1 is 1.14 bits per heavy atom. The first-order valence-electron chi connectivity index (χ1n) is 7.64. The maximum atomic E-state index is 12.6. The van der Waals surface area contributed by atoms with Crippen LogP contribution in [0.5, 0.6) is 0 Å². The summed E-state index contributed by atoms with van der Waals surface area (Å²) in [6.45, 7) is 2.09. The lowest BCUT2D eigenvalue weighted by molar-refractivity contribution is -0.148. The van der Waals surface area contributed by atoms with E-state index in [1.165, 1.54) is 5.56 Å². The molecule has 1 aliphatic rings. The number of carbonyl (C=O) groups is 2. The molecule has 1 N–H and O–H groups in total. The molecule has 1 fully saturated rings. The lowest BCUT2D eigenvalue weighted by atomic mass is 9.78. The lowest BCUT2D eigenvalue weighted by Gasteiger charge is -2.31. The van der Waals surface area contributed by atoms with Crippen LogP contribution in [0.15, 0.2) is 24.3 Å². The minimum absolute atomic E-state index is 0.0775. The molecule has 2 atom stereocenters. The number of aryl methyl sites for hydroxylation is 1. The topological polar surface area (TPSA) is 57.6 Å². The number of amides is 1. The summed E-state index contributed by atoms with van der Waals surface area (Å²) in [6, 6.07) is 7.87. The van der Waals surface area contributed by atoms with Crippen LogP contribution in [0.3, 0.4) is 0 Å². The van der Waals surface area contributed by atoms with Crippen molar-refractivity contribution in [3.8, 4) is 0 Å². The molecule has 1 amide bonds. The van der Waals surface area contributed by atoms with Crippen molar-refractivity contribution in [3.63, 3.8) is 0 Å². The summed E-state index contributed by atoms with van der Waals surface area (Å²) in [7, 11) is 1.73. The summed E-state index contributed by atoms with van der Waals surface area (Å²) in [6.07, 6.45) is 4.07. The molecule has 0 aromatic heterocycles. The molecule has 2 rings (SSSR count). The van der Waals surface area contributed by atoms with Crippen LogP contribution in [0.25, 0.3) is 0 Å². The van der Waals surface area contributed by atoms with Crippen LogP contribution >= 0.6 is 0 Å². The smallest absolute Gasteiger partial charge is 0.307 e. The Morgan fingerprint density at radius 3 is 2.24 bits per heavy atom. The summed E-state index contributed by atoms with van der Waals surface area (Å²) in [4.78, 5) is 25.6. The number of anilines is 1. The molecule has 0 aliphatic heterocycles. The summed E-state index contributed by atoms with van der Waals surface area (Å²) >= 11 is 0. The zero-order chi connectivity index (χ0) is 15.4. The second-order valence-electron chi connectivity index (χ2n) is 5.75. The summed E-state index contributed by atoms with van der Waals surface area (Å²) in [5.41, 5.74) is 2.05. The van der Waals surface area contributed by atoms with Crippen LogP contribution in [0.4, 0.5) is 5.69 Å². The van der Waals surface area contributed by atoms with Gasteiger partial charge in [-0.15, -0.1) is 0 Å². The van der Waals surface area contributed by atoms with E-state index in [0.29, 0.717) is 12.8 Å². The number of nitrogens with zero attached hydrogens (tertiary/aromatic N) is 1. The molecule has 1 aromatic rings. The van der Waals surface area contributed by atoms with E-state index < -0.39 is 17.8 Å². The summed E-state index contributed by atoms with van der Waals surface area (Å²) in [5.74, 6) is -1.86. The predicted molar refractivity (Wildman–Crippen MR) is 82.3 cm³/mol. The number of hydrogen-bond donors (Lipinski definition) is 1. The van der Waals surface area contributed by atoms with Crippen molar-refractivity contribution in [1.29, 1.82) is 0 Å². The Hall–Kier alpha value is -1.84.